The smallest absolute Gasteiger partial charge is 0.262 e. The van der Waals surface area contributed by atoms with Crippen LogP contribution in [0.3, 0.4) is 0 Å². The summed E-state index contributed by atoms with van der Waals surface area (Å²) in [5.41, 5.74) is 2.41. The van der Waals surface area contributed by atoms with Crippen LogP contribution < -0.4 is 10.1 Å². The Kier molecular flexibility index (Phi) is 5.92. The van der Waals surface area contributed by atoms with Crippen LogP contribution in [0, 0.1) is 0 Å². The first-order valence-electron chi connectivity index (χ1n) is 7.70. The van der Waals surface area contributed by atoms with Crippen molar-refractivity contribution in [3.8, 4) is 5.75 Å². The van der Waals surface area contributed by atoms with Gasteiger partial charge in [-0.05, 0) is 42.2 Å². The van der Waals surface area contributed by atoms with Gasteiger partial charge in [-0.15, -0.1) is 0 Å². The first-order chi connectivity index (χ1) is 11.1. The monoisotopic (exact) mass is 311 g/mol. The van der Waals surface area contributed by atoms with Crippen LogP contribution in [0.4, 0.5) is 5.69 Å². The van der Waals surface area contributed by atoms with Gasteiger partial charge in [-0.3, -0.25) is 9.59 Å². The second-order valence-corrected chi connectivity index (χ2v) is 5.42. The maximum atomic E-state index is 11.9. The van der Waals surface area contributed by atoms with Gasteiger partial charge in [-0.1, -0.05) is 38.1 Å². The molecular formula is C19H21NO3. The quantitative estimate of drug-likeness (QED) is 0.785. The summed E-state index contributed by atoms with van der Waals surface area (Å²) in [7, 11) is 0. The molecule has 0 saturated heterocycles. The van der Waals surface area contributed by atoms with Crippen LogP contribution in [0.5, 0.6) is 5.75 Å². The topological polar surface area (TPSA) is 55.4 Å². The molecule has 1 atom stereocenters. The predicted molar refractivity (Wildman–Crippen MR) is 91.1 cm³/mol. The molecule has 2 rings (SSSR count). The molecule has 0 saturated carbocycles. The lowest BCUT2D eigenvalue weighted by molar-refractivity contribution is -0.118. The van der Waals surface area contributed by atoms with Gasteiger partial charge in [0.25, 0.3) is 5.91 Å². The third kappa shape index (κ3) is 4.68. The second kappa shape index (κ2) is 8.13. The Balaban J connectivity index is 1.91. The minimum Gasteiger partial charge on any atom is -0.483 e. The Labute approximate surface area is 136 Å². The van der Waals surface area contributed by atoms with Crippen LogP contribution in [0.25, 0.3) is 0 Å². The summed E-state index contributed by atoms with van der Waals surface area (Å²) < 4.78 is 5.40. The summed E-state index contributed by atoms with van der Waals surface area (Å²) in [5, 5.41) is 2.78. The van der Waals surface area contributed by atoms with E-state index in [0.29, 0.717) is 23.5 Å². The number of nitrogens with one attached hydrogen (secondary N) is 1. The van der Waals surface area contributed by atoms with Crippen molar-refractivity contribution in [3.63, 3.8) is 0 Å². The molecule has 1 N–H and O–H groups in total. The molecule has 0 bridgehead atoms. The van der Waals surface area contributed by atoms with Gasteiger partial charge in [0, 0.05) is 5.69 Å². The SMILES string of the molecule is CC[C@H](C)c1ccc(NC(=O)COc2ccccc2C=O)cc1. The van der Waals surface area contributed by atoms with Gasteiger partial charge in [0.15, 0.2) is 12.9 Å². The fraction of sp³-hybridized carbons (Fsp3) is 0.263. The summed E-state index contributed by atoms with van der Waals surface area (Å²) in [5.74, 6) is 0.648. The average Bonchev–Trinajstić information content (AvgIpc) is 2.60. The average molecular weight is 311 g/mol. The van der Waals surface area contributed by atoms with Crippen molar-refractivity contribution in [2.75, 3.05) is 11.9 Å². The van der Waals surface area contributed by atoms with E-state index in [1.165, 1.54) is 5.56 Å². The van der Waals surface area contributed by atoms with Gasteiger partial charge in [0.2, 0.25) is 0 Å². The maximum absolute atomic E-state index is 11.9. The molecule has 0 heterocycles. The van der Waals surface area contributed by atoms with Gasteiger partial charge >= 0.3 is 0 Å². The maximum Gasteiger partial charge on any atom is 0.262 e. The zero-order valence-corrected chi connectivity index (χ0v) is 13.4. The zero-order chi connectivity index (χ0) is 16.7. The summed E-state index contributed by atoms with van der Waals surface area (Å²) in [4.78, 5) is 22.8. The van der Waals surface area contributed by atoms with Crippen LogP contribution in [0.15, 0.2) is 48.5 Å². The van der Waals surface area contributed by atoms with Crippen molar-refractivity contribution in [1.82, 2.24) is 0 Å². The van der Waals surface area contributed by atoms with Crippen LogP contribution in [-0.2, 0) is 4.79 Å². The number of hydrogen-bond donors (Lipinski definition) is 1. The van der Waals surface area contributed by atoms with Crippen LogP contribution in [-0.4, -0.2) is 18.8 Å². The highest BCUT2D eigenvalue weighted by Gasteiger charge is 2.07. The molecule has 0 aromatic heterocycles. The standard InChI is InChI=1S/C19H21NO3/c1-3-14(2)15-8-10-17(11-9-15)20-19(22)13-23-18-7-5-4-6-16(18)12-21/h4-12,14H,3,13H2,1-2H3,(H,20,22)/t14-/m0/s1. The van der Waals surface area contributed by atoms with Crippen molar-refractivity contribution < 1.29 is 14.3 Å². The fourth-order valence-corrected chi connectivity index (χ4v) is 2.18. The lowest BCUT2D eigenvalue weighted by atomic mass is 9.99. The highest BCUT2D eigenvalue weighted by molar-refractivity contribution is 5.92. The number of ether oxygens (including phenoxy) is 1. The third-order valence-electron chi connectivity index (χ3n) is 3.78. The molecule has 1 amide bonds. The molecule has 2 aromatic rings. The number of benzene rings is 2. The van der Waals surface area contributed by atoms with Crippen molar-refractivity contribution in [1.29, 1.82) is 0 Å². The first kappa shape index (κ1) is 16.7. The van der Waals surface area contributed by atoms with E-state index in [4.69, 9.17) is 4.74 Å². The van der Waals surface area contributed by atoms with E-state index in [1.807, 2.05) is 24.3 Å². The van der Waals surface area contributed by atoms with Crippen molar-refractivity contribution in [2.45, 2.75) is 26.2 Å². The summed E-state index contributed by atoms with van der Waals surface area (Å²) in [6, 6.07) is 14.6. The third-order valence-corrected chi connectivity index (χ3v) is 3.78. The summed E-state index contributed by atoms with van der Waals surface area (Å²) in [6.07, 6.45) is 1.79. The van der Waals surface area contributed by atoms with Gasteiger partial charge in [0.05, 0.1) is 5.56 Å². The highest BCUT2D eigenvalue weighted by atomic mass is 16.5. The van der Waals surface area contributed by atoms with E-state index in [-0.39, 0.29) is 12.5 Å². The number of amides is 1. The molecule has 2 aromatic carbocycles. The lowest BCUT2D eigenvalue weighted by Gasteiger charge is -2.11. The Morgan fingerprint density at radius 1 is 1.17 bits per heavy atom. The number of para-hydroxylation sites is 1. The highest BCUT2D eigenvalue weighted by Crippen LogP contribution is 2.20. The Morgan fingerprint density at radius 2 is 1.87 bits per heavy atom. The van der Waals surface area contributed by atoms with Crippen LogP contribution in [0.1, 0.15) is 42.1 Å². The van der Waals surface area contributed by atoms with Gasteiger partial charge in [-0.2, -0.15) is 0 Å². The summed E-state index contributed by atoms with van der Waals surface area (Å²) >= 11 is 0. The van der Waals surface area contributed by atoms with Gasteiger partial charge in [-0.25, -0.2) is 0 Å². The lowest BCUT2D eigenvalue weighted by Crippen LogP contribution is -2.20. The van der Waals surface area contributed by atoms with E-state index in [2.05, 4.69) is 19.2 Å². The molecule has 23 heavy (non-hydrogen) atoms. The van der Waals surface area contributed by atoms with Crippen molar-refractivity contribution in [3.05, 3.63) is 59.7 Å². The van der Waals surface area contributed by atoms with Gasteiger partial charge < -0.3 is 10.1 Å². The van der Waals surface area contributed by atoms with Gasteiger partial charge in [0.1, 0.15) is 5.75 Å². The van der Waals surface area contributed by atoms with Crippen molar-refractivity contribution >= 4 is 17.9 Å². The molecule has 120 valence electrons. The molecule has 0 unspecified atom stereocenters. The zero-order valence-electron chi connectivity index (χ0n) is 13.4. The number of aldehydes is 1. The molecule has 0 aliphatic rings. The molecule has 4 heteroatoms. The normalized spacial score (nSPS) is 11.6. The molecule has 0 radical (unpaired) electrons. The molecule has 0 aliphatic carbocycles. The Morgan fingerprint density at radius 3 is 2.52 bits per heavy atom. The van der Waals surface area contributed by atoms with E-state index in [0.717, 1.165) is 12.1 Å². The predicted octanol–water partition coefficient (Wildman–Crippen LogP) is 4.03. The van der Waals surface area contributed by atoms with Crippen LogP contribution in [0.2, 0.25) is 0 Å². The second-order valence-electron chi connectivity index (χ2n) is 5.42. The first-order valence-corrected chi connectivity index (χ1v) is 7.70. The van der Waals surface area contributed by atoms with E-state index < -0.39 is 0 Å². The Bertz CT molecular complexity index is 665. The summed E-state index contributed by atoms with van der Waals surface area (Å²) in [6.45, 7) is 4.18. The largest absolute Gasteiger partial charge is 0.483 e. The number of carbonyl (C=O) groups is 2. The molecule has 4 nitrogen and oxygen atoms in total. The minimum atomic E-state index is -0.262. The van der Waals surface area contributed by atoms with E-state index in [1.54, 1.807) is 24.3 Å². The molecular weight excluding hydrogens is 290 g/mol. The molecule has 0 fully saturated rings. The van der Waals surface area contributed by atoms with E-state index in [9.17, 15) is 9.59 Å². The fourth-order valence-electron chi connectivity index (χ4n) is 2.18. The number of rotatable bonds is 7. The van der Waals surface area contributed by atoms with Crippen LogP contribution >= 0.6 is 0 Å². The number of anilines is 1. The number of hydrogen-bond acceptors (Lipinski definition) is 3. The molecule has 0 spiro atoms. The van der Waals surface area contributed by atoms with Crippen molar-refractivity contribution in [2.24, 2.45) is 0 Å². The van der Waals surface area contributed by atoms with E-state index >= 15 is 0 Å². The Hall–Kier alpha value is -2.62. The molecule has 0 aliphatic heterocycles. The minimum absolute atomic E-state index is 0.141. The number of carbonyl (C=O) groups excluding carboxylic acids is 2.